The smallest absolute Gasteiger partial charge is 0.324 e. The lowest BCUT2D eigenvalue weighted by Crippen LogP contribution is -2.49. The summed E-state index contributed by atoms with van der Waals surface area (Å²) in [6.07, 6.45) is 1.16. The lowest BCUT2D eigenvalue weighted by atomic mass is 10.1. The Morgan fingerprint density at radius 3 is 2.32 bits per heavy atom. The fourth-order valence-corrected chi connectivity index (χ4v) is 4.02. The highest BCUT2D eigenvalue weighted by Gasteiger charge is 2.26. The van der Waals surface area contributed by atoms with Gasteiger partial charge in [0.1, 0.15) is 11.5 Å². The minimum absolute atomic E-state index is 0.0228. The predicted octanol–water partition coefficient (Wildman–Crippen LogP) is 4.72. The summed E-state index contributed by atoms with van der Waals surface area (Å²) in [4.78, 5) is 29.2. The molecular weight excluding hydrogens is 430 g/mol. The van der Waals surface area contributed by atoms with Gasteiger partial charge >= 0.3 is 6.03 Å². The van der Waals surface area contributed by atoms with Gasteiger partial charge in [0.2, 0.25) is 5.91 Å². The van der Waals surface area contributed by atoms with Crippen LogP contribution in [0.15, 0.2) is 72.8 Å². The van der Waals surface area contributed by atoms with E-state index in [1.54, 1.807) is 19.1 Å². The standard InChI is InChI=1S/C27H29N3O4/c1-33-24-13-7-20(8-14-24)18-26(31)28-22-9-11-23(12-10-22)30-16-4-15-29(27(30)32)19-21-5-3-6-25(17-21)34-2/h3,5-14,17H,4,15-16,18-19H2,1-2H3,(H,28,31). The highest BCUT2D eigenvalue weighted by atomic mass is 16.5. The molecule has 34 heavy (non-hydrogen) atoms. The minimum Gasteiger partial charge on any atom is -0.497 e. The maximum atomic E-state index is 13.1. The summed E-state index contributed by atoms with van der Waals surface area (Å²) < 4.78 is 10.4. The number of nitrogens with zero attached hydrogens (tertiary/aromatic N) is 2. The van der Waals surface area contributed by atoms with Gasteiger partial charge < -0.3 is 19.7 Å². The first-order chi connectivity index (χ1) is 16.6. The number of carbonyl (C=O) groups excluding carboxylic acids is 2. The normalized spacial score (nSPS) is 13.5. The molecule has 1 saturated heterocycles. The lowest BCUT2D eigenvalue weighted by Gasteiger charge is -2.35. The molecule has 3 aromatic carbocycles. The summed E-state index contributed by atoms with van der Waals surface area (Å²) in [6.45, 7) is 1.91. The number of methoxy groups -OCH3 is 2. The molecule has 1 N–H and O–H groups in total. The average molecular weight is 460 g/mol. The zero-order valence-electron chi connectivity index (χ0n) is 19.5. The van der Waals surface area contributed by atoms with E-state index in [1.807, 2.05) is 77.7 Å². The van der Waals surface area contributed by atoms with Crippen LogP contribution in [0.25, 0.3) is 0 Å². The van der Waals surface area contributed by atoms with E-state index in [9.17, 15) is 9.59 Å². The van der Waals surface area contributed by atoms with Crippen molar-refractivity contribution in [1.82, 2.24) is 4.90 Å². The van der Waals surface area contributed by atoms with Crippen LogP contribution in [0.1, 0.15) is 17.5 Å². The molecule has 0 saturated carbocycles. The van der Waals surface area contributed by atoms with Crippen LogP contribution in [0.2, 0.25) is 0 Å². The number of anilines is 2. The van der Waals surface area contributed by atoms with Crippen LogP contribution in [-0.2, 0) is 17.8 Å². The number of hydrogen-bond donors (Lipinski definition) is 1. The van der Waals surface area contributed by atoms with Gasteiger partial charge in [-0.1, -0.05) is 24.3 Å². The fraction of sp³-hybridized carbons (Fsp3) is 0.259. The molecule has 0 bridgehead atoms. The summed E-state index contributed by atoms with van der Waals surface area (Å²) in [5.41, 5.74) is 3.45. The van der Waals surface area contributed by atoms with Crippen LogP contribution in [0.4, 0.5) is 16.2 Å². The van der Waals surface area contributed by atoms with E-state index >= 15 is 0 Å². The van der Waals surface area contributed by atoms with E-state index in [4.69, 9.17) is 9.47 Å². The number of hydrogen-bond acceptors (Lipinski definition) is 4. The minimum atomic E-state index is -0.101. The Balaban J connectivity index is 1.36. The Morgan fingerprint density at radius 1 is 0.882 bits per heavy atom. The molecule has 3 amide bonds. The Hall–Kier alpha value is -4.00. The summed E-state index contributed by atoms with van der Waals surface area (Å²) in [5.74, 6) is 1.44. The fourth-order valence-electron chi connectivity index (χ4n) is 4.02. The van der Waals surface area contributed by atoms with Gasteiger partial charge in [-0.25, -0.2) is 4.79 Å². The first-order valence-electron chi connectivity index (χ1n) is 11.3. The van der Waals surface area contributed by atoms with Crippen molar-refractivity contribution in [2.24, 2.45) is 0 Å². The van der Waals surface area contributed by atoms with Crippen molar-refractivity contribution in [3.05, 3.63) is 83.9 Å². The van der Waals surface area contributed by atoms with E-state index in [2.05, 4.69) is 5.32 Å². The van der Waals surface area contributed by atoms with E-state index in [0.717, 1.165) is 34.7 Å². The molecule has 0 atom stereocenters. The third-order valence-corrected chi connectivity index (χ3v) is 5.81. The number of rotatable bonds is 8. The molecule has 0 aliphatic carbocycles. The summed E-state index contributed by atoms with van der Waals surface area (Å²) in [7, 11) is 3.25. The Morgan fingerprint density at radius 2 is 1.62 bits per heavy atom. The maximum absolute atomic E-state index is 13.1. The second kappa shape index (κ2) is 10.7. The van der Waals surface area contributed by atoms with Crippen molar-refractivity contribution in [3.8, 4) is 11.5 Å². The molecule has 4 rings (SSSR count). The largest absolute Gasteiger partial charge is 0.497 e. The number of amides is 3. The topological polar surface area (TPSA) is 71.1 Å². The maximum Gasteiger partial charge on any atom is 0.324 e. The molecule has 0 spiro atoms. The van der Waals surface area contributed by atoms with E-state index in [0.29, 0.717) is 25.3 Å². The van der Waals surface area contributed by atoms with Crippen molar-refractivity contribution in [2.45, 2.75) is 19.4 Å². The van der Waals surface area contributed by atoms with Crippen molar-refractivity contribution < 1.29 is 19.1 Å². The van der Waals surface area contributed by atoms with Crippen LogP contribution >= 0.6 is 0 Å². The Bertz CT molecular complexity index is 1130. The predicted molar refractivity (Wildman–Crippen MR) is 133 cm³/mol. The number of carbonyl (C=O) groups is 2. The zero-order valence-corrected chi connectivity index (χ0v) is 19.5. The summed E-state index contributed by atoms with van der Waals surface area (Å²) >= 11 is 0. The molecule has 0 unspecified atom stereocenters. The second-order valence-corrected chi connectivity index (χ2v) is 8.18. The Kier molecular flexibility index (Phi) is 7.32. The van der Waals surface area contributed by atoms with Gasteiger partial charge in [0.25, 0.3) is 0 Å². The van der Waals surface area contributed by atoms with Crippen molar-refractivity contribution in [3.63, 3.8) is 0 Å². The van der Waals surface area contributed by atoms with Crippen molar-refractivity contribution in [1.29, 1.82) is 0 Å². The van der Waals surface area contributed by atoms with Crippen LogP contribution < -0.4 is 19.7 Å². The number of benzene rings is 3. The van der Waals surface area contributed by atoms with Crippen LogP contribution in [0.3, 0.4) is 0 Å². The lowest BCUT2D eigenvalue weighted by molar-refractivity contribution is -0.115. The molecule has 1 aliphatic heterocycles. The number of ether oxygens (including phenoxy) is 2. The summed E-state index contributed by atoms with van der Waals surface area (Å²) in [5, 5.41) is 2.92. The van der Waals surface area contributed by atoms with Crippen LogP contribution in [0.5, 0.6) is 11.5 Å². The molecule has 7 heteroatoms. The van der Waals surface area contributed by atoms with Gasteiger partial charge in [-0.2, -0.15) is 0 Å². The van der Waals surface area contributed by atoms with Gasteiger partial charge in [0, 0.05) is 31.0 Å². The van der Waals surface area contributed by atoms with Gasteiger partial charge in [-0.15, -0.1) is 0 Å². The summed E-state index contributed by atoms with van der Waals surface area (Å²) in [6, 6.07) is 22.6. The molecule has 176 valence electrons. The van der Waals surface area contributed by atoms with Gasteiger partial charge in [-0.05, 0) is 66.1 Å². The average Bonchev–Trinajstić information content (AvgIpc) is 2.86. The molecule has 1 aliphatic rings. The quantitative estimate of drug-likeness (QED) is 0.529. The number of nitrogens with one attached hydrogen (secondary N) is 1. The SMILES string of the molecule is COc1ccc(CC(=O)Nc2ccc(N3CCCN(Cc4cccc(OC)c4)C3=O)cc2)cc1. The third-order valence-electron chi connectivity index (χ3n) is 5.81. The van der Waals surface area contributed by atoms with Crippen LogP contribution in [-0.4, -0.2) is 44.1 Å². The Labute approximate surface area is 199 Å². The molecule has 1 fully saturated rings. The van der Waals surface area contributed by atoms with Crippen molar-refractivity contribution in [2.75, 3.05) is 37.5 Å². The highest BCUT2D eigenvalue weighted by molar-refractivity contribution is 5.94. The van der Waals surface area contributed by atoms with Gasteiger partial charge in [0.05, 0.1) is 20.6 Å². The van der Waals surface area contributed by atoms with E-state index < -0.39 is 0 Å². The molecule has 1 heterocycles. The van der Waals surface area contributed by atoms with E-state index in [-0.39, 0.29) is 18.4 Å². The van der Waals surface area contributed by atoms with Gasteiger partial charge in [-0.3, -0.25) is 9.69 Å². The first-order valence-corrected chi connectivity index (χ1v) is 11.3. The third kappa shape index (κ3) is 5.67. The van der Waals surface area contributed by atoms with Crippen molar-refractivity contribution >= 4 is 23.3 Å². The molecule has 3 aromatic rings. The zero-order chi connectivity index (χ0) is 23.9. The monoisotopic (exact) mass is 459 g/mol. The first kappa shape index (κ1) is 23.2. The van der Waals surface area contributed by atoms with Gasteiger partial charge in [0.15, 0.2) is 0 Å². The highest BCUT2D eigenvalue weighted by Crippen LogP contribution is 2.24. The second-order valence-electron chi connectivity index (χ2n) is 8.18. The molecule has 0 radical (unpaired) electrons. The van der Waals surface area contributed by atoms with E-state index in [1.165, 1.54) is 0 Å². The van der Waals surface area contributed by atoms with Crippen LogP contribution in [0, 0.1) is 0 Å². The molecular formula is C27H29N3O4. The molecule has 7 nitrogen and oxygen atoms in total. The number of urea groups is 1. The molecule has 0 aromatic heterocycles.